The molecule has 8 heteroatoms. The van der Waals surface area contributed by atoms with Gasteiger partial charge in [-0.05, 0) is 46.0 Å². The predicted molar refractivity (Wildman–Crippen MR) is 117 cm³/mol. The first-order valence-electron chi connectivity index (χ1n) is 10.3. The van der Waals surface area contributed by atoms with E-state index in [0.717, 1.165) is 36.7 Å². The predicted octanol–water partition coefficient (Wildman–Crippen LogP) is 1.19. The number of hydrogen-bond donors (Lipinski definition) is 1. The molecule has 1 aromatic rings. The summed E-state index contributed by atoms with van der Waals surface area (Å²) in [5.41, 5.74) is 0.796. The van der Waals surface area contributed by atoms with Gasteiger partial charge in [0.1, 0.15) is 11.5 Å². The van der Waals surface area contributed by atoms with Crippen molar-refractivity contribution in [3.8, 4) is 11.5 Å². The number of carbonyl (C=O) groups is 2. The van der Waals surface area contributed by atoms with E-state index in [1.54, 1.807) is 26.2 Å². The molecule has 1 saturated heterocycles. The molecule has 0 spiro atoms. The van der Waals surface area contributed by atoms with Crippen LogP contribution >= 0.6 is 0 Å². The molecule has 1 fully saturated rings. The first kappa shape index (κ1) is 24.0. The highest BCUT2D eigenvalue weighted by atomic mass is 16.5. The molecule has 0 aromatic heterocycles. The lowest BCUT2D eigenvalue weighted by Crippen LogP contribution is -2.51. The van der Waals surface area contributed by atoms with Crippen LogP contribution in [0.2, 0.25) is 0 Å². The number of benzene rings is 1. The number of rotatable bonds is 8. The summed E-state index contributed by atoms with van der Waals surface area (Å²) < 4.78 is 10.8. The lowest BCUT2D eigenvalue weighted by Gasteiger charge is -2.35. The molecule has 2 rings (SSSR count). The molecule has 1 heterocycles. The van der Waals surface area contributed by atoms with Gasteiger partial charge in [0.2, 0.25) is 11.8 Å². The van der Waals surface area contributed by atoms with Gasteiger partial charge in [0.15, 0.2) is 0 Å². The Morgan fingerprint density at radius 2 is 1.73 bits per heavy atom. The van der Waals surface area contributed by atoms with Crippen LogP contribution in [0.25, 0.3) is 0 Å². The van der Waals surface area contributed by atoms with E-state index in [-0.39, 0.29) is 30.4 Å². The number of nitrogens with one attached hydrogen (secondary N) is 1. The Kier molecular flexibility index (Phi) is 8.49. The van der Waals surface area contributed by atoms with Crippen molar-refractivity contribution in [1.82, 2.24) is 20.0 Å². The first-order valence-corrected chi connectivity index (χ1v) is 10.3. The van der Waals surface area contributed by atoms with Crippen LogP contribution in [-0.4, -0.2) is 92.6 Å². The van der Waals surface area contributed by atoms with Crippen LogP contribution in [0.1, 0.15) is 26.3 Å². The first-order chi connectivity index (χ1) is 14.1. The van der Waals surface area contributed by atoms with E-state index < -0.39 is 0 Å². The summed E-state index contributed by atoms with van der Waals surface area (Å²) in [5, 5.41) is 2.92. The molecule has 0 unspecified atom stereocenters. The maximum Gasteiger partial charge on any atom is 0.236 e. The number of ether oxygens (including phenoxy) is 2. The van der Waals surface area contributed by atoms with Crippen LogP contribution in [-0.2, 0) is 16.1 Å². The number of piperazine rings is 1. The molecule has 8 nitrogen and oxygen atoms in total. The molecular formula is C22H36N4O4. The molecule has 0 atom stereocenters. The van der Waals surface area contributed by atoms with Gasteiger partial charge in [-0.3, -0.25) is 19.4 Å². The molecule has 1 aliphatic rings. The Morgan fingerprint density at radius 1 is 1.07 bits per heavy atom. The summed E-state index contributed by atoms with van der Waals surface area (Å²) >= 11 is 0. The van der Waals surface area contributed by atoms with Crippen molar-refractivity contribution in [2.45, 2.75) is 32.9 Å². The molecule has 1 aliphatic heterocycles. The minimum atomic E-state index is -0.274. The zero-order valence-electron chi connectivity index (χ0n) is 19.2. The third-order valence-electron chi connectivity index (χ3n) is 4.94. The normalized spacial score (nSPS) is 15.2. The Morgan fingerprint density at radius 3 is 2.30 bits per heavy atom. The lowest BCUT2D eigenvalue weighted by atomic mass is 10.1. The van der Waals surface area contributed by atoms with Crippen molar-refractivity contribution in [3.05, 3.63) is 23.8 Å². The Bertz CT molecular complexity index is 724. The van der Waals surface area contributed by atoms with E-state index >= 15 is 0 Å². The van der Waals surface area contributed by atoms with Gasteiger partial charge in [-0.15, -0.1) is 0 Å². The quantitative estimate of drug-likeness (QED) is 0.681. The zero-order chi connectivity index (χ0) is 22.3. The molecule has 0 saturated carbocycles. The average molecular weight is 421 g/mol. The van der Waals surface area contributed by atoms with E-state index in [4.69, 9.17) is 9.47 Å². The van der Waals surface area contributed by atoms with Crippen LogP contribution in [0, 0.1) is 0 Å². The summed E-state index contributed by atoms with van der Waals surface area (Å²) in [7, 11) is 5.12. The summed E-state index contributed by atoms with van der Waals surface area (Å²) in [6, 6.07) is 5.80. The summed E-state index contributed by atoms with van der Waals surface area (Å²) in [5.74, 6) is 1.62. The largest absolute Gasteiger partial charge is 0.497 e. The fourth-order valence-corrected chi connectivity index (χ4v) is 3.49. The fraction of sp³-hybridized carbons (Fsp3) is 0.636. The van der Waals surface area contributed by atoms with Crippen LogP contribution in [0.4, 0.5) is 0 Å². The van der Waals surface area contributed by atoms with E-state index in [1.165, 1.54) is 0 Å². The average Bonchev–Trinajstić information content (AvgIpc) is 2.66. The van der Waals surface area contributed by atoms with Crippen molar-refractivity contribution < 1.29 is 19.1 Å². The molecule has 1 N–H and O–H groups in total. The van der Waals surface area contributed by atoms with Gasteiger partial charge in [-0.25, -0.2) is 0 Å². The topological polar surface area (TPSA) is 74.4 Å². The molecular weight excluding hydrogens is 384 g/mol. The van der Waals surface area contributed by atoms with Crippen molar-refractivity contribution in [2.24, 2.45) is 0 Å². The Balaban J connectivity index is 1.81. The monoisotopic (exact) mass is 420 g/mol. The van der Waals surface area contributed by atoms with E-state index in [2.05, 4.69) is 10.2 Å². The second-order valence-corrected chi connectivity index (χ2v) is 8.81. The second kappa shape index (κ2) is 10.6. The van der Waals surface area contributed by atoms with Gasteiger partial charge in [-0.1, -0.05) is 0 Å². The van der Waals surface area contributed by atoms with Crippen LogP contribution in [0.5, 0.6) is 11.5 Å². The van der Waals surface area contributed by atoms with Crippen molar-refractivity contribution >= 4 is 11.8 Å². The minimum Gasteiger partial charge on any atom is -0.497 e. The van der Waals surface area contributed by atoms with Gasteiger partial charge in [-0.2, -0.15) is 0 Å². The van der Waals surface area contributed by atoms with E-state index in [0.29, 0.717) is 13.1 Å². The van der Waals surface area contributed by atoms with Crippen molar-refractivity contribution in [1.29, 1.82) is 0 Å². The van der Waals surface area contributed by atoms with Crippen LogP contribution in [0.3, 0.4) is 0 Å². The minimum absolute atomic E-state index is 0.0552. The number of hydrogen-bond acceptors (Lipinski definition) is 6. The summed E-state index contributed by atoms with van der Waals surface area (Å²) in [6.45, 7) is 9.94. The third kappa shape index (κ3) is 7.50. The van der Waals surface area contributed by atoms with Gasteiger partial charge in [0, 0.05) is 43.8 Å². The third-order valence-corrected chi connectivity index (χ3v) is 4.94. The molecule has 1 aromatic carbocycles. The zero-order valence-corrected chi connectivity index (χ0v) is 19.2. The lowest BCUT2D eigenvalue weighted by molar-refractivity contribution is -0.134. The number of amides is 2. The maximum absolute atomic E-state index is 12.6. The number of carbonyl (C=O) groups excluding carboxylic acids is 2. The number of nitrogens with zero attached hydrogens (tertiary/aromatic N) is 3. The molecule has 0 radical (unpaired) electrons. The molecule has 2 amide bonds. The molecule has 168 valence electrons. The van der Waals surface area contributed by atoms with E-state index in [9.17, 15) is 9.59 Å². The molecule has 0 aliphatic carbocycles. The number of methoxy groups -OCH3 is 2. The van der Waals surface area contributed by atoms with Gasteiger partial charge in [0.25, 0.3) is 0 Å². The SMILES string of the molecule is COc1ccc(OC)c(CN2CCN(C(=O)CN(C)CC(=O)NC(C)(C)C)CC2)c1. The summed E-state index contributed by atoms with van der Waals surface area (Å²) in [4.78, 5) is 30.6. The standard InChI is InChI=1S/C22H36N4O4/c1-22(2,3)23-20(27)15-24(4)16-21(28)26-11-9-25(10-12-26)14-17-13-18(29-5)7-8-19(17)30-6/h7-8,13H,9-12,14-16H2,1-6H3,(H,23,27). The smallest absolute Gasteiger partial charge is 0.236 e. The highest BCUT2D eigenvalue weighted by Crippen LogP contribution is 2.25. The molecule has 30 heavy (non-hydrogen) atoms. The van der Waals surface area contributed by atoms with Gasteiger partial charge in [0.05, 0.1) is 27.3 Å². The van der Waals surface area contributed by atoms with Gasteiger partial charge >= 0.3 is 0 Å². The molecule has 0 bridgehead atoms. The van der Waals surface area contributed by atoms with Gasteiger partial charge < -0.3 is 19.7 Å². The Hall–Kier alpha value is -2.32. The maximum atomic E-state index is 12.6. The van der Waals surface area contributed by atoms with E-state index in [1.807, 2.05) is 43.9 Å². The fourth-order valence-electron chi connectivity index (χ4n) is 3.49. The van der Waals surface area contributed by atoms with Crippen LogP contribution in [0.15, 0.2) is 18.2 Å². The number of likely N-dealkylation sites (N-methyl/N-ethyl adjacent to an activating group) is 1. The van der Waals surface area contributed by atoms with Crippen molar-refractivity contribution in [3.63, 3.8) is 0 Å². The second-order valence-electron chi connectivity index (χ2n) is 8.81. The van der Waals surface area contributed by atoms with Crippen LogP contribution < -0.4 is 14.8 Å². The Labute approximate surface area is 180 Å². The van der Waals surface area contributed by atoms with Crippen molar-refractivity contribution in [2.75, 3.05) is 60.5 Å². The summed E-state index contributed by atoms with van der Waals surface area (Å²) in [6.07, 6.45) is 0. The highest BCUT2D eigenvalue weighted by Gasteiger charge is 2.24. The highest BCUT2D eigenvalue weighted by molar-refractivity contribution is 5.81.